The maximum atomic E-state index is 12.7. The van der Waals surface area contributed by atoms with Gasteiger partial charge in [-0.2, -0.15) is 0 Å². The molecular formula is C13H18F2N4O. The summed E-state index contributed by atoms with van der Waals surface area (Å²) in [7, 11) is 0. The Morgan fingerprint density at radius 1 is 1.65 bits per heavy atom. The lowest BCUT2D eigenvalue weighted by molar-refractivity contribution is -0.117. The highest BCUT2D eigenvalue weighted by atomic mass is 19.3. The lowest BCUT2D eigenvalue weighted by Crippen LogP contribution is -2.39. The van der Waals surface area contributed by atoms with Gasteiger partial charge in [-0.05, 0) is 19.4 Å². The van der Waals surface area contributed by atoms with Crippen molar-refractivity contribution in [1.82, 2.24) is 10.6 Å². The highest BCUT2D eigenvalue weighted by Crippen LogP contribution is 2.17. The Balaban J connectivity index is 2.99. The first-order valence-corrected chi connectivity index (χ1v) is 6.16. The average Bonchev–Trinajstić information content (AvgIpc) is 2.38. The number of carbonyl (C=O) groups excluding carboxylic acids is 1. The number of amidine groups is 1. The number of hydrogen-bond acceptors (Lipinski definition) is 4. The normalized spacial score (nSPS) is 17.2. The van der Waals surface area contributed by atoms with Crippen LogP contribution in [-0.2, 0) is 4.79 Å². The van der Waals surface area contributed by atoms with E-state index in [1.54, 1.807) is 0 Å². The van der Waals surface area contributed by atoms with Crippen molar-refractivity contribution in [2.75, 3.05) is 0 Å². The van der Waals surface area contributed by atoms with Gasteiger partial charge < -0.3 is 16.4 Å². The van der Waals surface area contributed by atoms with Crippen LogP contribution in [0.2, 0.25) is 0 Å². The highest BCUT2D eigenvalue weighted by Gasteiger charge is 2.23. The fraction of sp³-hybridized carbons (Fsp3) is 0.385. The maximum Gasteiger partial charge on any atom is 0.280 e. The van der Waals surface area contributed by atoms with E-state index in [1.165, 1.54) is 0 Å². The van der Waals surface area contributed by atoms with Crippen molar-refractivity contribution in [1.29, 1.82) is 0 Å². The number of halogens is 2. The number of nitrogens with zero attached hydrogens (tertiary/aromatic N) is 1. The summed E-state index contributed by atoms with van der Waals surface area (Å²) in [5, 5.41) is 5.35. The summed E-state index contributed by atoms with van der Waals surface area (Å²) in [5.41, 5.74) is 5.17. The van der Waals surface area contributed by atoms with E-state index in [2.05, 4.69) is 22.2 Å². The summed E-state index contributed by atoms with van der Waals surface area (Å²) in [4.78, 5) is 15.7. The van der Waals surface area contributed by atoms with Gasteiger partial charge in [0, 0.05) is 17.9 Å². The van der Waals surface area contributed by atoms with Crippen LogP contribution in [0, 0.1) is 0 Å². The fourth-order valence-electron chi connectivity index (χ4n) is 1.46. The second-order valence-electron chi connectivity index (χ2n) is 4.34. The minimum absolute atomic E-state index is 0.00213. The molecule has 0 saturated carbocycles. The minimum Gasteiger partial charge on any atom is -0.404 e. The Kier molecular flexibility index (Phi) is 5.42. The molecule has 1 aliphatic heterocycles. The monoisotopic (exact) mass is 284 g/mol. The van der Waals surface area contributed by atoms with Gasteiger partial charge in [0.2, 0.25) is 0 Å². The third-order valence-corrected chi connectivity index (χ3v) is 2.72. The van der Waals surface area contributed by atoms with Gasteiger partial charge in [-0.25, -0.2) is 13.8 Å². The molecular weight excluding hydrogens is 266 g/mol. The summed E-state index contributed by atoms with van der Waals surface area (Å²) in [6.45, 7) is 7.28. The van der Waals surface area contributed by atoms with E-state index in [4.69, 9.17) is 5.73 Å². The lowest BCUT2D eigenvalue weighted by atomic mass is 10.1. The standard InChI is InChI=1S/C13H18F2N4O/c1-4-7(2)18-13(20)9(6-16)12-17-8(3)5-10(19-12)11(14)15/h5-7,11H,3-4,16H2,1-2H3,(H,17,19)(H,18,20). The molecule has 110 valence electrons. The first kappa shape index (κ1) is 15.9. The number of nitrogens with one attached hydrogen (secondary N) is 2. The fourth-order valence-corrected chi connectivity index (χ4v) is 1.46. The van der Waals surface area contributed by atoms with Crippen molar-refractivity contribution < 1.29 is 13.6 Å². The van der Waals surface area contributed by atoms with Gasteiger partial charge in [-0.1, -0.05) is 13.5 Å². The summed E-state index contributed by atoms with van der Waals surface area (Å²) in [6, 6.07) is -0.0602. The third kappa shape index (κ3) is 3.91. The molecule has 1 amide bonds. The Morgan fingerprint density at radius 2 is 2.30 bits per heavy atom. The summed E-state index contributed by atoms with van der Waals surface area (Å²) < 4.78 is 25.4. The molecule has 1 unspecified atom stereocenters. The topological polar surface area (TPSA) is 79.5 Å². The number of carbonyl (C=O) groups is 1. The van der Waals surface area contributed by atoms with Crippen LogP contribution in [0.25, 0.3) is 0 Å². The van der Waals surface area contributed by atoms with Crippen molar-refractivity contribution >= 4 is 11.7 Å². The molecule has 0 aromatic rings. The molecule has 1 heterocycles. The Hall–Kier alpha value is -2.18. The first-order chi connectivity index (χ1) is 9.38. The summed E-state index contributed by atoms with van der Waals surface area (Å²) in [6.07, 6.45) is 0.138. The number of hydrogen-bond donors (Lipinski definition) is 3. The van der Waals surface area contributed by atoms with E-state index in [9.17, 15) is 13.6 Å². The van der Waals surface area contributed by atoms with Crippen LogP contribution in [0.15, 0.2) is 40.8 Å². The van der Waals surface area contributed by atoms with E-state index >= 15 is 0 Å². The Labute approximate surface area is 116 Å². The third-order valence-electron chi connectivity index (χ3n) is 2.72. The number of nitrogens with two attached hydrogens (primary N) is 1. The quantitative estimate of drug-likeness (QED) is 0.668. The van der Waals surface area contributed by atoms with Crippen LogP contribution in [0.3, 0.4) is 0 Å². The lowest BCUT2D eigenvalue weighted by Gasteiger charge is -2.19. The molecule has 1 aliphatic rings. The highest BCUT2D eigenvalue weighted by molar-refractivity contribution is 6.21. The van der Waals surface area contributed by atoms with Crippen LogP contribution in [0.4, 0.5) is 8.78 Å². The predicted octanol–water partition coefficient (Wildman–Crippen LogP) is 1.41. The summed E-state index contributed by atoms with van der Waals surface area (Å²) >= 11 is 0. The molecule has 1 rings (SSSR count). The zero-order valence-corrected chi connectivity index (χ0v) is 11.4. The van der Waals surface area contributed by atoms with E-state index < -0.39 is 18.0 Å². The number of allylic oxidation sites excluding steroid dienone is 2. The molecule has 4 N–H and O–H groups in total. The van der Waals surface area contributed by atoms with Crippen LogP contribution in [-0.4, -0.2) is 24.2 Å². The van der Waals surface area contributed by atoms with E-state index in [-0.39, 0.29) is 23.1 Å². The smallest absolute Gasteiger partial charge is 0.280 e. The molecule has 0 aliphatic carbocycles. The molecule has 0 aromatic heterocycles. The first-order valence-electron chi connectivity index (χ1n) is 6.16. The Morgan fingerprint density at radius 3 is 2.80 bits per heavy atom. The maximum absolute atomic E-state index is 12.7. The van der Waals surface area contributed by atoms with E-state index in [0.29, 0.717) is 0 Å². The number of rotatable bonds is 5. The molecule has 7 heteroatoms. The van der Waals surface area contributed by atoms with Gasteiger partial charge in [0.05, 0.1) is 5.57 Å². The molecule has 0 fully saturated rings. The van der Waals surface area contributed by atoms with Crippen LogP contribution >= 0.6 is 0 Å². The van der Waals surface area contributed by atoms with Crippen molar-refractivity contribution in [3.63, 3.8) is 0 Å². The van der Waals surface area contributed by atoms with Gasteiger partial charge in [0.15, 0.2) is 0 Å². The second-order valence-corrected chi connectivity index (χ2v) is 4.34. The van der Waals surface area contributed by atoms with Crippen LogP contribution < -0.4 is 16.4 Å². The van der Waals surface area contributed by atoms with Gasteiger partial charge in [-0.15, -0.1) is 0 Å². The van der Waals surface area contributed by atoms with E-state index in [1.807, 2.05) is 13.8 Å². The van der Waals surface area contributed by atoms with Crippen molar-refractivity contribution in [2.24, 2.45) is 10.7 Å². The van der Waals surface area contributed by atoms with Gasteiger partial charge in [0.1, 0.15) is 11.5 Å². The summed E-state index contributed by atoms with van der Waals surface area (Å²) in [5.74, 6) is -0.507. The van der Waals surface area contributed by atoms with Crippen molar-refractivity contribution in [2.45, 2.75) is 32.7 Å². The van der Waals surface area contributed by atoms with Gasteiger partial charge >= 0.3 is 0 Å². The number of aliphatic imine (C=N–C) groups is 1. The zero-order chi connectivity index (χ0) is 15.3. The largest absolute Gasteiger partial charge is 0.404 e. The van der Waals surface area contributed by atoms with Crippen LogP contribution in [0.1, 0.15) is 20.3 Å². The van der Waals surface area contributed by atoms with E-state index in [0.717, 1.165) is 18.7 Å². The molecule has 5 nitrogen and oxygen atoms in total. The molecule has 0 bridgehead atoms. The SMILES string of the molecule is C=C1C=C(C(F)F)N=C(C(=CN)C(=O)NC(C)CC)N1. The Bertz CT molecular complexity index is 495. The number of amides is 1. The minimum atomic E-state index is -2.75. The molecule has 0 aromatic carbocycles. The second kappa shape index (κ2) is 6.83. The molecule has 1 atom stereocenters. The molecule has 0 radical (unpaired) electrons. The van der Waals surface area contributed by atoms with Crippen molar-refractivity contribution in [3.8, 4) is 0 Å². The van der Waals surface area contributed by atoms with Gasteiger partial charge in [0.25, 0.3) is 12.3 Å². The molecule has 0 saturated heterocycles. The van der Waals surface area contributed by atoms with Crippen LogP contribution in [0.5, 0.6) is 0 Å². The molecule has 0 spiro atoms. The number of alkyl halides is 2. The average molecular weight is 284 g/mol. The zero-order valence-electron chi connectivity index (χ0n) is 11.4. The van der Waals surface area contributed by atoms with Crippen molar-refractivity contribution in [3.05, 3.63) is 35.8 Å². The molecule has 20 heavy (non-hydrogen) atoms. The van der Waals surface area contributed by atoms with Gasteiger partial charge in [-0.3, -0.25) is 4.79 Å². The predicted molar refractivity (Wildman–Crippen MR) is 74.0 cm³/mol.